The third kappa shape index (κ3) is 2.34. The summed E-state index contributed by atoms with van der Waals surface area (Å²) in [5.74, 6) is 4.16. The van der Waals surface area contributed by atoms with Crippen molar-refractivity contribution in [2.24, 2.45) is 5.84 Å². The first kappa shape index (κ1) is 11.7. The number of nitrogens with two attached hydrogens (primary N) is 1. The highest BCUT2D eigenvalue weighted by Gasteiger charge is 2.28. The Labute approximate surface area is 88.2 Å². The molecule has 1 amide bonds. The highest BCUT2D eigenvalue weighted by atomic mass is 32.2. The van der Waals surface area contributed by atoms with Crippen LogP contribution in [0.3, 0.4) is 0 Å². The first-order valence-electron chi connectivity index (χ1n) is 4.29. The van der Waals surface area contributed by atoms with Gasteiger partial charge in [0.1, 0.15) is 5.25 Å². The third-order valence-electron chi connectivity index (χ3n) is 2.05. The largest absolute Gasteiger partial charge is 0.293 e. The van der Waals surface area contributed by atoms with Crippen LogP contribution in [0.4, 0.5) is 0 Å². The van der Waals surface area contributed by atoms with Gasteiger partial charge in [0.15, 0.2) is 9.84 Å². The van der Waals surface area contributed by atoms with E-state index >= 15 is 0 Å². The number of hydrogen-bond donors (Lipinski definition) is 2. The lowest BCUT2D eigenvalue weighted by atomic mass is 10.4. The van der Waals surface area contributed by atoms with Gasteiger partial charge >= 0.3 is 0 Å². The molecule has 1 rings (SSSR count). The minimum atomic E-state index is -3.64. The smallest absolute Gasteiger partial charge is 0.252 e. The Morgan fingerprint density at radius 1 is 1.33 bits per heavy atom. The lowest BCUT2D eigenvalue weighted by Gasteiger charge is -2.10. The van der Waals surface area contributed by atoms with Gasteiger partial charge in [0, 0.05) is 0 Å². The van der Waals surface area contributed by atoms with E-state index in [-0.39, 0.29) is 4.90 Å². The van der Waals surface area contributed by atoms with Gasteiger partial charge in [-0.05, 0) is 19.1 Å². The van der Waals surface area contributed by atoms with Crippen LogP contribution >= 0.6 is 0 Å². The highest BCUT2D eigenvalue weighted by Crippen LogP contribution is 2.15. The molecule has 1 atom stereocenters. The van der Waals surface area contributed by atoms with Crippen LogP contribution in [-0.4, -0.2) is 19.6 Å². The highest BCUT2D eigenvalue weighted by molar-refractivity contribution is 7.92. The van der Waals surface area contributed by atoms with Crippen molar-refractivity contribution in [1.29, 1.82) is 0 Å². The van der Waals surface area contributed by atoms with Crippen LogP contribution in [0.15, 0.2) is 35.2 Å². The molecule has 6 heteroatoms. The van der Waals surface area contributed by atoms with Gasteiger partial charge in [-0.1, -0.05) is 18.2 Å². The second-order valence-corrected chi connectivity index (χ2v) is 5.28. The van der Waals surface area contributed by atoms with Crippen molar-refractivity contribution in [3.8, 4) is 0 Å². The van der Waals surface area contributed by atoms with E-state index in [0.717, 1.165) is 0 Å². The zero-order chi connectivity index (χ0) is 11.5. The van der Waals surface area contributed by atoms with Crippen LogP contribution in [-0.2, 0) is 14.6 Å². The van der Waals surface area contributed by atoms with Gasteiger partial charge < -0.3 is 0 Å². The number of nitrogens with one attached hydrogen (secondary N) is 1. The predicted octanol–water partition coefficient (Wildman–Crippen LogP) is -0.161. The Bertz CT molecular complexity index is 442. The maximum absolute atomic E-state index is 11.8. The normalized spacial score (nSPS) is 13.2. The molecule has 82 valence electrons. The standard InChI is InChI=1S/C9H12N2O3S/c1-7(9(12)11-10)15(13,14)8-5-3-2-4-6-8/h2-7H,10H2,1H3,(H,11,12)/t7-/m0/s1. The molecule has 15 heavy (non-hydrogen) atoms. The van der Waals surface area contributed by atoms with Gasteiger partial charge in [0.05, 0.1) is 4.90 Å². The van der Waals surface area contributed by atoms with Crippen molar-refractivity contribution in [2.45, 2.75) is 17.1 Å². The Kier molecular flexibility index (Phi) is 3.43. The molecule has 1 aromatic carbocycles. The molecule has 0 fully saturated rings. The van der Waals surface area contributed by atoms with E-state index in [9.17, 15) is 13.2 Å². The summed E-state index contributed by atoms with van der Waals surface area (Å²) >= 11 is 0. The van der Waals surface area contributed by atoms with E-state index in [1.807, 2.05) is 5.43 Å². The number of carbonyl (C=O) groups is 1. The summed E-state index contributed by atoms with van der Waals surface area (Å²) in [5.41, 5.74) is 1.82. The SMILES string of the molecule is C[C@@H](C(=O)NN)S(=O)(=O)c1ccccc1. The maximum Gasteiger partial charge on any atom is 0.252 e. The fourth-order valence-corrected chi connectivity index (χ4v) is 2.37. The number of hydrazine groups is 1. The topological polar surface area (TPSA) is 89.3 Å². The maximum atomic E-state index is 11.8. The quantitative estimate of drug-likeness (QED) is 0.427. The molecule has 0 aromatic heterocycles. The second-order valence-electron chi connectivity index (χ2n) is 3.01. The third-order valence-corrected chi connectivity index (χ3v) is 4.12. The van der Waals surface area contributed by atoms with E-state index in [1.54, 1.807) is 18.2 Å². The molecule has 0 heterocycles. The molecule has 0 unspecified atom stereocenters. The summed E-state index contributed by atoms with van der Waals surface area (Å²) in [6.45, 7) is 1.30. The van der Waals surface area contributed by atoms with Crippen LogP contribution in [0.1, 0.15) is 6.92 Å². The molecule has 1 aromatic rings. The molecule has 0 aliphatic heterocycles. The molecular weight excluding hydrogens is 216 g/mol. The van der Waals surface area contributed by atoms with Crippen molar-refractivity contribution in [3.05, 3.63) is 30.3 Å². The molecule has 3 N–H and O–H groups in total. The summed E-state index contributed by atoms with van der Waals surface area (Å²) in [6, 6.07) is 7.78. The number of rotatable bonds is 3. The zero-order valence-corrected chi connectivity index (χ0v) is 8.99. The number of amides is 1. The first-order chi connectivity index (χ1) is 7.00. The average molecular weight is 228 g/mol. The van der Waals surface area contributed by atoms with Gasteiger partial charge in [-0.25, -0.2) is 14.3 Å². The molecular formula is C9H12N2O3S. The van der Waals surface area contributed by atoms with Crippen molar-refractivity contribution >= 4 is 15.7 Å². The fourth-order valence-electron chi connectivity index (χ4n) is 1.07. The molecule has 0 aliphatic rings. The Balaban J connectivity index is 3.09. The minimum absolute atomic E-state index is 0.112. The molecule has 5 nitrogen and oxygen atoms in total. The second kappa shape index (κ2) is 4.41. The predicted molar refractivity (Wildman–Crippen MR) is 55.4 cm³/mol. The van der Waals surface area contributed by atoms with Gasteiger partial charge in [-0.15, -0.1) is 0 Å². The zero-order valence-electron chi connectivity index (χ0n) is 8.17. The number of carbonyl (C=O) groups excluding carboxylic acids is 1. The number of sulfone groups is 1. The number of hydrogen-bond acceptors (Lipinski definition) is 4. The van der Waals surface area contributed by atoms with E-state index in [4.69, 9.17) is 5.84 Å². The van der Waals surface area contributed by atoms with Crippen molar-refractivity contribution in [2.75, 3.05) is 0 Å². The van der Waals surface area contributed by atoms with E-state index in [1.165, 1.54) is 19.1 Å². The van der Waals surface area contributed by atoms with Gasteiger partial charge in [0.25, 0.3) is 5.91 Å². The Morgan fingerprint density at radius 3 is 2.33 bits per heavy atom. The van der Waals surface area contributed by atoms with Crippen molar-refractivity contribution in [1.82, 2.24) is 5.43 Å². The van der Waals surface area contributed by atoms with E-state index < -0.39 is 21.0 Å². The summed E-state index contributed by atoms with van der Waals surface area (Å²) in [4.78, 5) is 11.2. The Hall–Kier alpha value is -1.40. The monoisotopic (exact) mass is 228 g/mol. The van der Waals surface area contributed by atoms with Gasteiger partial charge in [-0.2, -0.15) is 0 Å². The number of benzene rings is 1. The van der Waals surface area contributed by atoms with Crippen LogP contribution in [0, 0.1) is 0 Å². The lowest BCUT2D eigenvalue weighted by molar-refractivity contribution is -0.120. The van der Waals surface area contributed by atoms with Crippen LogP contribution in [0.25, 0.3) is 0 Å². The minimum Gasteiger partial charge on any atom is -0.293 e. The molecule has 0 saturated carbocycles. The van der Waals surface area contributed by atoms with Gasteiger partial charge in [0.2, 0.25) is 0 Å². The van der Waals surface area contributed by atoms with Crippen molar-refractivity contribution < 1.29 is 13.2 Å². The molecule has 0 bridgehead atoms. The van der Waals surface area contributed by atoms with Crippen LogP contribution < -0.4 is 11.3 Å². The first-order valence-corrected chi connectivity index (χ1v) is 5.84. The summed E-state index contributed by atoms with van der Waals surface area (Å²) in [7, 11) is -3.64. The fraction of sp³-hybridized carbons (Fsp3) is 0.222. The van der Waals surface area contributed by atoms with Crippen molar-refractivity contribution in [3.63, 3.8) is 0 Å². The molecule has 0 saturated heterocycles. The van der Waals surface area contributed by atoms with E-state index in [0.29, 0.717) is 0 Å². The van der Waals surface area contributed by atoms with Crippen LogP contribution in [0.5, 0.6) is 0 Å². The average Bonchev–Trinajstić information content (AvgIpc) is 2.28. The molecule has 0 aliphatic carbocycles. The van der Waals surface area contributed by atoms with Gasteiger partial charge in [-0.3, -0.25) is 10.2 Å². The van der Waals surface area contributed by atoms with E-state index in [2.05, 4.69) is 0 Å². The summed E-state index contributed by atoms with van der Waals surface area (Å²) in [5, 5.41) is -1.19. The Morgan fingerprint density at radius 2 is 1.87 bits per heavy atom. The molecule has 0 spiro atoms. The van der Waals surface area contributed by atoms with Crippen LogP contribution in [0.2, 0.25) is 0 Å². The summed E-state index contributed by atoms with van der Waals surface area (Å²) < 4.78 is 23.6. The molecule has 0 radical (unpaired) electrons. The lowest BCUT2D eigenvalue weighted by Crippen LogP contribution is -2.41. The summed E-state index contributed by atoms with van der Waals surface area (Å²) in [6.07, 6.45) is 0.